The number of hydrogen-bond donors (Lipinski definition) is 1. The zero-order chi connectivity index (χ0) is 30.0. The molecule has 8 heteroatoms. The van der Waals surface area contributed by atoms with E-state index in [9.17, 15) is 14.0 Å². The van der Waals surface area contributed by atoms with Gasteiger partial charge in [-0.3, -0.25) is 9.59 Å². The number of halogens is 2. The van der Waals surface area contributed by atoms with Gasteiger partial charge < -0.3 is 10.1 Å². The Morgan fingerprint density at radius 1 is 1.00 bits per heavy atom. The van der Waals surface area contributed by atoms with Gasteiger partial charge in [-0.2, -0.15) is 0 Å². The first-order chi connectivity index (χ1) is 19.9. The van der Waals surface area contributed by atoms with E-state index in [0.717, 1.165) is 41.8 Å². The molecule has 1 aliphatic carbocycles. The number of benzene rings is 3. The Hall–Kier alpha value is -3.84. The van der Waals surface area contributed by atoms with Gasteiger partial charge in [0.2, 0.25) is 0 Å². The van der Waals surface area contributed by atoms with Gasteiger partial charge in [0.15, 0.2) is 0 Å². The summed E-state index contributed by atoms with van der Waals surface area (Å²) in [5.74, 6) is -0.589. The van der Waals surface area contributed by atoms with Crippen molar-refractivity contribution in [2.24, 2.45) is 11.8 Å². The van der Waals surface area contributed by atoms with Gasteiger partial charge in [-0.05, 0) is 107 Å². The van der Waals surface area contributed by atoms with Crippen molar-refractivity contribution in [2.45, 2.75) is 65.0 Å². The maximum Gasteiger partial charge on any atom is 0.309 e. The van der Waals surface area contributed by atoms with Crippen LogP contribution in [0.1, 0.15) is 74.6 Å². The first kappa shape index (κ1) is 29.6. The third-order valence-corrected chi connectivity index (χ3v) is 7.85. The summed E-state index contributed by atoms with van der Waals surface area (Å²) >= 11 is 6.16. The van der Waals surface area contributed by atoms with Crippen molar-refractivity contribution in [1.29, 1.82) is 0 Å². The van der Waals surface area contributed by atoms with Crippen molar-refractivity contribution >= 4 is 34.5 Å². The number of ether oxygens (including phenoxy) is 1. The van der Waals surface area contributed by atoms with Crippen LogP contribution >= 0.6 is 11.6 Å². The maximum atomic E-state index is 13.3. The molecule has 1 amide bonds. The number of fused-ring (bicyclic) bond motifs is 1. The zero-order valence-corrected chi connectivity index (χ0v) is 25.0. The van der Waals surface area contributed by atoms with Gasteiger partial charge in [0, 0.05) is 16.1 Å². The molecule has 2 unspecified atom stereocenters. The fourth-order valence-electron chi connectivity index (χ4n) is 5.46. The quantitative estimate of drug-likeness (QED) is 0.222. The minimum Gasteiger partial charge on any atom is -0.460 e. The highest BCUT2D eigenvalue weighted by Crippen LogP contribution is 2.36. The lowest BCUT2D eigenvalue weighted by atomic mass is 9.96. The molecule has 1 aliphatic rings. The summed E-state index contributed by atoms with van der Waals surface area (Å²) in [5.41, 5.74) is 4.53. The lowest BCUT2D eigenvalue weighted by molar-refractivity contribution is -0.159. The number of rotatable bonds is 7. The molecule has 4 aromatic rings. The molecule has 1 heterocycles. The number of carbonyl (C=O) groups is 2. The van der Waals surface area contributed by atoms with Gasteiger partial charge in [0.05, 0.1) is 34.4 Å². The summed E-state index contributed by atoms with van der Waals surface area (Å²) in [4.78, 5) is 35.8. The van der Waals surface area contributed by atoms with Crippen molar-refractivity contribution in [3.63, 3.8) is 0 Å². The number of carbonyl (C=O) groups excluding carboxylic acids is 2. The Kier molecular flexibility index (Phi) is 8.60. The number of esters is 1. The summed E-state index contributed by atoms with van der Waals surface area (Å²) in [6.45, 7) is 7.52. The Morgan fingerprint density at radius 2 is 1.71 bits per heavy atom. The monoisotopic (exact) mass is 587 g/mol. The summed E-state index contributed by atoms with van der Waals surface area (Å²) in [6.07, 6.45) is 3.07. The van der Waals surface area contributed by atoms with Crippen LogP contribution in [-0.4, -0.2) is 27.4 Å². The second-order valence-electron chi connectivity index (χ2n) is 12.1. The van der Waals surface area contributed by atoms with Gasteiger partial charge in [0.25, 0.3) is 5.91 Å². The molecule has 1 saturated carbocycles. The fraction of sp³-hybridized carbons (Fsp3) is 0.353. The van der Waals surface area contributed by atoms with Crippen LogP contribution in [-0.2, 0) is 16.0 Å². The van der Waals surface area contributed by atoms with Crippen LogP contribution in [0.4, 0.5) is 4.39 Å². The van der Waals surface area contributed by atoms with E-state index in [-0.39, 0.29) is 35.6 Å². The molecule has 0 radical (unpaired) electrons. The average Bonchev–Trinajstić information content (AvgIpc) is 3.41. The summed E-state index contributed by atoms with van der Waals surface area (Å²) in [5, 5.41) is 3.61. The van der Waals surface area contributed by atoms with E-state index in [1.165, 1.54) is 12.1 Å². The minimum absolute atomic E-state index is 0.125. The Balaban J connectivity index is 1.41. The topological polar surface area (TPSA) is 81.2 Å². The van der Waals surface area contributed by atoms with E-state index >= 15 is 0 Å². The summed E-state index contributed by atoms with van der Waals surface area (Å²) in [6, 6.07) is 18.6. The second-order valence-corrected chi connectivity index (χ2v) is 12.5. The highest BCUT2D eigenvalue weighted by molar-refractivity contribution is 6.30. The van der Waals surface area contributed by atoms with Crippen molar-refractivity contribution in [2.75, 3.05) is 0 Å². The van der Waals surface area contributed by atoms with E-state index in [4.69, 9.17) is 26.3 Å². The minimum atomic E-state index is -0.512. The highest BCUT2D eigenvalue weighted by Gasteiger charge is 2.34. The Morgan fingerprint density at radius 3 is 2.40 bits per heavy atom. The van der Waals surface area contributed by atoms with E-state index in [0.29, 0.717) is 28.0 Å². The van der Waals surface area contributed by atoms with Crippen molar-refractivity contribution < 1.29 is 18.7 Å². The molecule has 0 saturated heterocycles. The van der Waals surface area contributed by atoms with Gasteiger partial charge >= 0.3 is 5.97 Å². The normalized spacial score (nSPS) is 17.7. The molecule has 218 valence electrons. The highest BCUT2D eigenvalue weighted by atomic mass is 35.5. The van der Waals surface area contributed by atoms with E-state index in [1.54, 1.807) is 30.3 Å². The molecule has 1 aromatic heterocycles. The molecule has 0 aliphatic heterocycles. The van der Waals surface area contributed by atoms with Crippen molar-refractivity contribution in [3.8, 4) is 11.3 Å². The first-order valence-electron chi connectivity index (χ1n) is 14.3. The Labute approximate surface area is 250 Å². The van der Waals surface area contributed by atoms with Crippen molar-refractivity contribution in [1.82, 2.24) is 15.3 Å². The molecule has 42 heavy (non-hydrogen) atoms. The first-order valence-corrected chi connectivity index (χ1v) is 14.7. The molecule has 1 fully saturated rings. The van der Waals surface area contributed by atoms with Crippen LogP contribution in [0.5, 0.6) is 0 Å². The van der Waals surface area contributed by atoms with Gasteiger partial charge in [0.1, 0.15) is 11.4 Å². The molecule has 6 nitrogen and oxygen atoms in total. The van der Waals surface area contributed by atoms with Gasteiger partial charge in [-0.25, -0.2) is 14.4 Å². The van der Waals surface area contributed by atoms with Crippen LogP contribution in [0.25, 0.3) is 22.3 Å². The van der Waals surface area contributed by atoms with Crippen LogP contribution < -0.4 is 5.32 Å². The molecule has 1 N–H and O–H groups in total. The summed E-state index contributed by atoms with van der Waals surface area (Å²) < 4.78 is 19.0. The largest absolute Gasteiger partial charge is 0.460 e. The number of nitrogens with zero attached hydrogens (tertiary/aromatic N) is 2. The summed E-state index contributed by atoms with van der Waals surface area (Å²) in [7, 11) is 0. The lowest BCUT2D eigenvalue weighted by Crippen LogP contribution is -2.27. The van der Waals surface area contributed by atoms with Crippen LogP contribution in [0.2, 0.25) is 5.02 Å². The number of amides is 1. The number of hydrogen-bond acceptors (Lipinski definition) is 5. The fourth-order valence-corrected chi connectivity index (χ4v) is 5.59. The molecule has 0 spiro atoms. The zero-order valence-electron chi connectivity index (χ0n) is 24.3. The molecular weight excluding hydrogens is 553 g/mol. The predicted molar refractivity (Wildman–Crippen MR) is 163 cm³/mol. The molecule has 0 bridgehead atoms. The maximum absolute atomic E-state index is 13.3. The predicted octanol–water partition coefficient (Wildman–Crippen LogP) is 7.88. The Bertz CT molecular complexity index is 1600. The van der Waals surface area contributed by atoms with Crippen LogP contribution in [0, 0.1) is 17.7 Å². The third-order valence-electron chi connectivity index (χ3n) is 7.60. The van der Waals surface area contributed by atoms with Crippen LogP contribution in [0.15, 0.2) is 66.7 Å². The molecule has 3 atom stereocenters. The molecule has 3 aromatic carbocycles. The smallest absolute Gasteiger partial charge is 0.309 e. The van der Waals surface area contributed by atoms with Gasteiger partial charge in [-0.1, -0.05) is 35.9 Å². The molecular formula is C34H35ClFN3O3. The standard InChI is InChI=1S/C34H35ClFN3O3/c1-20(22-9-14-27(36)15-10-22)37-32(40)24-11-16-28-29(19-24)38-30(31(39-28)23-7-12-26(35)13-8-23)18-21-5-6-25(17-21)33(41)42-34(2,3)4/h7-16,19-21,25H,5-6,17-18H2,1-4H3,(H,37,40)/t20-,21?,25?/m1/s1. The van der Waals surface area contributed by atoms with Crippen LogP contribution in [0.3, 0.4) is 0 Å². The number of aromatic nitrogens is 2. The third kappa shape index (κ3) is 7.13. The SMILES string of the molecule is C[C@@H](NC(=O)c1ccc2nc(-c3ccc(Cl)cc3)c(CC3CCC(C(=O)OC(C)(C)C)C3)nc2c1)c1ccc(F)cc1. The molecule has 5 rings (SSSR count). The lowest BCUT2D eigenvalue weighted by Gasteiger charge is -2.22. The second kappa shape index (κ2) is 12.2. The average molecular weight is 588 g/mol. The number of nitrogens with one attached hydrogen (secondary N) is 1. The van der Waals surface area contributed by atoms with Crippen molar-refractivity contribution in [3.05, 3.63) is 94.4 Å². The van der Waals surface area contributed by atoms with E-state index in [2.05, 4.69) is 5.32 Å². The van der Waals surface area contributed by atoms with E-state index < -0.39 is 5.60 Å². The van der Waals surface area contributed by atoms with Gasteiger partial charge in [-0.15, -0.1) is 0 Å². The van der Waals surface area contributed by atoms with E-state index in [1.807, 2.05) is 52.0 Å².